The van der Waals surface area contributed by atoms with E-state index in [9.17, 15) is 0 Å². The second kappa shape index (κ2) is 11.2. The lowest BCUT2D eigenvalue weighted by atomic mass is 10.1. The first kappa shape index (κ1) is 22.5. The number of hydrogen-bond donors (Lipinski definition) is 2. The third kappa shape index (κ3) is 6.63. The molecule has 1 atom stereocenters. The zero-order valence-corrected chi connectivity index (χ0v) is 19.2. The normalized spacial score (nSPS) is 18.4. The molecule has 1 unspecified atom stereocenters. The summed E-state index contributed by atoms with van der Waals surface area (Å²) in [5.41, 5.74) is 3.44. The predicted octanol–water partition coefficient (Wildman–Crippen LogP) is 4.06. The van der Waals surface area contributed by atoms with Gasteiger partial charge in [0.25, 0.3) is 0 Å². The first-order chi connectivity index (χ1) is 15.7. The van der Waals surface area contributed by atoms with Crippen molar-refractivity contribution in [3.63, 3.8) is 0 Å². The molecule has 1 aliphatic carbocycles. The minimum Gasteiger partial charge on any atom is -0.493 e. The number of benzene rings is 2. The number of para-hydroxylation sites is 1. The Bertz CT molecular complexity index is 905. The summed E-state index contributed by atoms with van der Waals surface area (Å²) in [5, 5.41) is 6.83. The number of aliphatic imine (C=N–C) groups is 1. The summed E-state index contributed by atoms with van der Waals surface area (Å²) in [5.74, 6) is 3.84. The fraction of sp³-hybridized carbons (Fsp3) is 0.500. The molecule has 2 aromatic rings. The standard InChI is InChI=1S/C26H35N3O3/c1-19-7-10-23(25(13-19)32-18-21-11-12-30-16-21)15-29-26(27-2)28-14-22-5-3-4-6-24(22)31-17-20-8-9-20/h3-7,10,13,20-21H,8-9,11-12,14-18H2,1-2H3,(H2,27,28,29). The molecule has 0 aromatic heterocycles. The van der Waals surface area contributed by atoms with Crippen LogP contribution in [0.1, 0.15) is 36.0 Å². The molecule has 0 radical (unpaired) electrons. The average molecular weight is 438 g/mol. The first-order valence-electron chi connectivity index (χ1n) is 11.7. The van der Waals surface area contributed by atoms with Crippen molar-refractivity contribution >= 4 is 5.96 Å². The van der Waals surface area contributed by atoms with E-state index >= 15 is 0 Å². The molecule has 1 saturated heterocycles. The number of nitrogens with zero attached hydrogens (tertiary/aromatic N) is 1. The highest BCUT2D eigenvalue weighted by Crippen LogP contribution is 2.30. The van der Waals surface area contributed by atoms with Gasteiger partial charge in [0.05, 0.1) is 19.8 Å². The average Bonchev–Trinajstić information content (AvgIpc) is 3.50. The Kier molecular flexibility index (Phi) is 7.88. The fourth-order valence-electron chi connectivity index (χ4n) is 3.73. The smallest absolute Gasteiger partial charge is 0.191 e. The van der Waals surface area contributed by atoms with Crippen molar-refractivity contribution in [3.8, 4) is 11.5 Å². The number of hydrogen-bond acceptors (Lipinski definition) is 4. The third-order valence-electron chi connectivity index (χ3n) is 5.98. The van der Waals surface area contributed by atoms with E-state index in [0.29, 0.717) is 25.6 Å². The lowest BCUT2D eigenvalue weighted by Gasteiger charge is -2.17. The van der Waals surface area contributed by atoms with Crippen LogP contribution in [-0.4, -0.2) is 39.4 Å². The maximum Gasteiger partial charge on any atom is 0.191 e. The van der Waals surface area contributed by atoms with Crippen molar-refractivity contribution < 1.29 is 14.2 Å². The van der Waals surface area contributed by atoms with E-state index in [1.54, 1.807) is 7.05 Å². The molecule has 4 rings (SSSR count). The van der Waals surface area contributed by atoms with E-state index in [-0.39, 0.29) is 0 Å². The van der Waals surface area contributed by atoms with Gasteiger partial charge in [-0.15, -0.1) is 0 Å². The molecule has 1 saturated carbocycles. The van der Waals surface area contributed by atoms with Gasteiger partial charge < -0.3 is 24.8 Å². The zero-order valence-electron chi connectivity index (χ0n) is 19.2. The highest BCUT2D eigenvalue weighted by atomic mass is 16.5. The number of rotatable bonds is 10. The van der Waals surface area contributed by atoms with E-state index in [2.05, 4.69) is 46.8 Å². The largest absolute Gasteiger partial charge is 0.493 e. The van der Waals surface area contributed by atoms with Crippen LogP contribution in [0, 0.1) is 18.8 Å². The monoisotopic (exact) mass is 437 g/mol. The molecule has 6 nitrogen and oxygen atoms in total. The van der Waals surface area contributed by atoms with Gasteiger partial charge in [-0.05, 0) is 49.8 Å². The molecule has 6 heteroatoms. The number of nitrogens with one attached hydrogen (secondary N) is 2. The van der Waals surface area contributed by atoms with Gasteiger partial charge in [-0.1, -0.05) is 30.3 Å². The minimum atomic E-state index is 0.480. The molecule has 2 aromatic carbocycles. The second-order valence-electron chi connectivity index (χ2n) is 8.79. The molecule has 2 N–H and O–H groups in total. The topological polar surface area (TPSA) is 64.1 Å². The zero-order chi connectivity index (χ0) is 22.2. The van der Waals surface area contributed by atoms with Gasteiger partial charge in [-0.3, -0.25) is 4.99 Å². The molecule has 0 spiro atoms. The van der Waals surface area contributed by atoms with Gasteiger partial charge in [-0.25, -0.2) is 0 Å². The van der Waals surface area contributed by atoms with Crippen LogP contribution in [0.15, 0.2) is 47.5 Å². The van der Waals surface area contributed by atoms with Crippen LogP contribution in [0.3, 0.4) is 0 Å². The van der Waals surface area contributed by atoms with Gasteiger partial charge in [0.15, 0.2) is 5.96 Å². The van der Waals surface area contributed by atoms with E-state index in [4.69, 9.17) is 14.2 Å². The van der Waals surface area contributed by atoms with Crippen molar-refractivity contribution in [3.05, 3.63) is 59.2 Å². The summed E-state index contributed by atoms with van der Waals surface area (Å²) in [6.07, 6.45) is 3.65. The Labute approximate surface area is 191 Å². The Morgan fingerprint density at radius 2 is 1.66 bits per heavy atom. The lowest BCUT2D eigenvalue weighted by molar-refractivity contribution is 0.166. The lowest BCUT2D eigenvalue weighted by Crippen LogP contribution is -2.36. The van der Waals surface area contributed by atoms with Gasteiger partial charge in [0, 0.05) is 43.8 Å². The number of ether oxygens (including phenoxy) is 3. The van der Waals surface area contributed by atoms with Crippen LogP contribution >= 0.6 is 0 Å². The molecule has 172 valence electrons. The van der Waals surface area contributed by atoms with Crippen molar-refractivity contribution in [1.29, 1.82) is 0 Å². The second-order valence-corrected chi connectivity index (χ2v) is 8.79. The predicted molar refractivity (Wildman–Crippen MR) is 127 cm³/mol. The van der Waals surface area contributed by atoms with Crippen molar-refractivity contribution in [1.82, 2.24) is 10.6 Å². The van der Waals surface area contributed by atoms with Gasteiger partial charge in [0.1, 0.15) is 11.5 Å². The molecule has 2 fully saturated rings. The van der Waals surface area contributed by atoms with Crippen molar-refractivity contribution in [2.45, 2.75) is 39.3 Å². The molecule has 1 heterocycles. The summed E-state index contributed by atoms with van der Waals surface area (Å²) in [7, 11) is 1.79. The highest BCUT2D eigenvalue weighted by molar-refractivity contribution is 5.79. The Hall–Kier alpha value is -2.73. The summed E-state index contributed by atoms with van der Waals surface area (Å²) < 4.78 is 17.7. The Morgan fingerprint density at radius 3 is 2.38 bits per heavy atom. The van der Waals surface area contributed by atoms with Crippen LogP contribution in [0.2, 0.25) is 0 Å². The molecular formula is C26H35N3O3. The third-order valence-corrected chi connectivity index (χ3v) is 5.98. The fourth-order valence-corrected chi connectivity index (χ4v) is 3.73. The summed E-state index contributed by atoms with van der Waals surface area (Å²) >= 11 is 0. The minimum absolute atomic E-state index is 0.480. The van der Waals surface area contributed by atoms with Gasteiger partial charge in [-0.2, -0.15) is 0 Å². The number of guanidine groups is 1. The molecule has 1 aliphatic heterocycles. The van der Waals surface area contributed by atoms with Gasteiger partial charge in [0.2, 0.25) is 0 Å². The van der Waals surface area contributed by atoms with Crippen LogP contribution < -0.4 is 20.1 Å². The SMILES string of the molecule is CN=C(NCc1ccccc1OCC1CC1)NCc1ccc(C)cc1OCC1CCOC1. The van der Waals surface area contributed by atoms with Crippen molar-refractivity contribution in [2.24, 2.45) is 16.8 Å². The van der Waals surface area contributed by atoms with E-state index < -0.39 is 0 Å². The summed E-state index contributed by atoms with van der Waals surface area (Å²) in [4.78, 5) is 4.38. The summed E-state index contributed by atoms with van der Waals surface area (Å²) in [6.45, 7) is 6.52. The quantitative estimate of drug-likeness (QED) is 0.433. The van der Waals surface area contributed by atoms with E-state index in [1.165, 1.54) is 18.4 Å². The van der Waals surface area contributed by atoms with Crippen LogP contribution in [0.25, 0.3) is 0 Å². The molecular weight excluding hydrogens is 402 g/mol. The Balaban J connectivity index is 1.31. The van der Waals surface area contributed by atoms with Gasteiger partial charge >= 0.3 is 0 Å². The molecule has 0 amide bonds. The van der Waals surface area contributed by atoms with E-state index in [0.717, 1.165) is 60.7 Å². The highest BCUT2D eigenvalue weighted by Gasteiger charge is 2.22. The number of aryl methyl sites for hydroxylation is 1. The maximum absolute atomic E-state index is 6.17. The maximum atomic E-state index is 6.17. The Morgan fingerprint density at radius 1 is 0.938 bits per heavy atom. The van der Waals surface area contributed by atoms with Crippen LogP contribution in [-0.2, 0) is 17.8 Å². The summed E-state index contributed by atoms with van der Waals surface area (Å²) in [6, 6.07) is 14.6. The van der Waals surface area contributed by atoms with Crippen molar-refractivity contribution in [2.75, 3.05) is 33.5 Å². The van der Waals surface area contributed by atoms with E-state index in [1.807, 2.05) is 18.2 Å². The molecule has 2 aliphatic rings. The first-order valence-corrected chi connectivity index (χ1v) is 11.7. The molecule has 0 bridgehead atoms. The van der Waals surface area contributed by atoms with Crippen LogP contribution in [0.4, 0.5) is 0 Å². The molecule has 32 heavy (non-hydrogen) atoms. The van der Waals surface area contributed by atoms with Crippen LogP contribution in [0.5, 0.6) is 11.5 Å².